The number of piperazine rings is 1. The van der Waals surface area contributed by atoms with Crippen molar-refractivity contribution in [3.8, 4) is 0 Å². The van der Waals surface area contributed by atoms with Gasteiger partial charge in [-0.25, -0.2) is 4.39 Å². The zero-order valence-electron chi connectivity index (χ0n) is 26.6. The van der Waals surface area contributed by atoms with Crippen LogP contribution in [-0.2, 0) is 26.3 Å². The Morgan fingerprint density at radius 3 is 2.33 bits per heavy atom. The molecule has 1 saturated heterocycles. The lowest BCUT2D eigenvalue weighted by atomic mass is 9.83. The molecule has 45 heavy (non-hydrogen) atoms. The summed E-state index contributed by atoms with van der Waals surface area (Å²) in [6.07, 6.45) is 7.65. The normalized spacial score (nSPS) is 19.8. The number of anilines is 1. The van der Waals surface area contributed by atoms with Crippen molar-refractivity contribution < 1.29 is 23.6 Å². The van der Waals surface area contributed by atoms with Crippen LogP contribution in [0.1, 0.15) is 81.3 Å². The third-order valence-electron chi connectivity index (χ3n) is 9.77. The fourth-order valence-electron chi connectivity index (χ4n) is 6.78. The lowest BCUT2D eigenvalue weighted by molar-refractivity contribution is -0.138. The monoisotopic (exact) mass is 623 g/mol. The lowest BCUT2D eigenvalue weighted by Crippen LogP contribution is -2.58. The minimum absolute atomic E-state index is 0.00717. The summed E-state index contributed by atoms with van der Waals surface area (Å²) in [5.74, 6) is -1.92. The van der Waals surface area contributed by atoms with Gasteiger partial charge in [-0.2, -0.15) is 5.10 Å². The van der Waals surface area contributed by atoms with Gasteiger partial charge in [0.1, 0.15) is 23.6 Å². The van der Waals surface area contributed by atoms with Gasteiger partial charge in [0.25, 0.3) is 5.91 Å². The van der Waals surface area contributed by atoms with E-state index in [1.54, 1.807) is 34.8 Å². The summed E-state index contributed by atoms with van der Waals surface area (Å²) >= 11 is 0. The van der Waals surface area contributed by atoms with Crippen LogP contribution in [0.4, 0.5) is 10.1 Å². The van der Waals surface area contributed by atoms with Crippen molar-refractivity contribution >= 4 is 29.3 Å². The maximum atomic E-state index is 15.7. The number of halogens is 1. The van der Waals surface area contributed by atoms with Crippen LogP contribution in [0.3, 0.4) is 0 Å². The average molecular weight is 624 g/mol. The molecule has 1 aromatic heterocycles. The minimum Gasteiger partial charge on any atom is -0.343 e. The number of aromatic nitrogens is 2. The molecule has 1 aliphatic heterocycles. The van der Waals surface area contributed by atoms with Crippen LogP contribution in [0.2, 0.25) is 0 Å². The highest BCUT2D eigenvalue weighted by atomic mass is 19.1. The summed E-state index contributed by atoms with van der Waals surface area (Å²) in [5, 5.41) is 12.8. The molecule has 2 unspecified atom stereocenters. The number of hydrogen-bond donors (Lipinski definition) is 3. The number of likely N-dealkylation sites (N-methyl/N-ethyl adjacent to an activating group) is 1. The first-order valence-electron chi connectivity index (χ1n) is 16.4. The number of carbonyl (C=O) groups excluding carboxylic acids is 4. The van der Waals surface area contributed by atoms with E-state index in [4.69, 9.17) is 0 Å². The van der Waals surface area contributed by atoms with E-state index in [9.17, 15) is 19.2 Å². The zero-order chi connectivity index (χ0) is 32.1. The van der Waals surface area contributed by atoms with Gasteiger partial charge in [0.05, 0.1) is 5.69 Å². The topological polar surface area (TPSA) is 129 Å². The van der Waals surface area contributed by atoms with Crippen molar-refractivity contribution in [3.05, 3.63) is 47.5 Å². The molecule has 2 atom stereocenters. The number of aryl methyl sites for hydroxylation is 1. The molecular weight excluding hydrogens is 577 g/mol. The number of rotatable bonds is 11. The third-order valence-corrected chi connectivity index (χ3v) is 9.77. The van der Waals surface area contributed by atoms with Crippen LogP contribution >= 0.6 is 0 Å². The van der Waals surface area contributed by atoms with Crippen LogP contribution in [0.15, 0.2) is 30.5 Å². The quantitative estimate of drug-likeness (QED) is 0.353. The molecule has 4 amide bonds. The van der Waals surface area contributed by atoms with Crippen molar-refractivity contribution in [2.75, 3.05) is 38.5 Å². The molecule has 0 spiro atoms. The summed E-state index contributed by atoms with van der Waals surface area (Å²) in [5.41, 5.74) is 0.280. The molecule has 2 aromatic rings. The van der Waals surface area contributed by atoms with Gasteiger partial charge in [0, 0.05) is 50.8 Å². The smallest absolute Gasteiger partial charge is 0.270 e. The van der Waals surface area contributed by atoms with Crippen molar-refractivity contribution in [2.24, 2.45) is 5.92 Å². The lowest BCUT2D eigenvalue weighted by Gasteiger charge is -2.37. The van der Waals surface area contributed by atoms with Crippen molar-refractivity contribution in [3.63, 3.8) is 0 Å². The maximum Gasteiger partial charge on any atom is 0.270 e. The van der Waals surface area contributed by atoms with Crippen molar-refractivity contribution in [2.45, 2.75) is 89.3 Å². The van der Waals surface area contributed by atoms with Crippen molar-refractivity contribution in [1.82, 2.24) is 30.2 Å². The molecule has 2 aliphatic carbocycles. The second-order valence-corrected chi connectivity index (χ2v) is 12.7. The van der Waals surface area contributed by atoms with Gasteiger partial charge in [0.2, 0.25) is 17.7 Å². The molecule has 1 aromatic carbocycles. The predicted molar refractivity (Wildman–Crippen MR) is 168 cm³/mol. The van der Waals surface area contributed by atoms with Gasteiger partial charge in [-0.1, -0.05) is 32.3 Å². The molecular formula is C33H46FN7O4. The van der Waals surface area contributed by atoms with Crippen LogP contribution in [0, 0.1) is 11.7 Å². The van der Waals surface area contributed by atoms with Gasteiger partial charge in [-0.15, -0.1) is 0 Å². The van der Waals surface area contributed by atoms with Gasteiger partial charge < -0.3 is 25.8 Å². The fraction of sp³-hybridized carbons (Fsp3) is 0.606. The molecule has 11 nitrogen and oxygen atoms in total. The first-order valence-corrected chi connectivity index (χ1v) is 16.4. The SMILES string of the molecule is CCC(=O)NC(C(=O)N1CCN(C)CC1)C1(c2ccc(NC(=O)C(NC(=O)c3ccnn3CC)C3CCCCC3)c(F)c2)CC1. The molecule has 3 fully saturated rings. The number of nitrogens with one attached hydrogen (secondary N) is 3. The van der Waals surface area contributed by atoms with E-state index in [1.165, 1.54) is 12.1 Å². The average Bonchev–Trinajstić information content (AvgIpc) is 3.71. The number of nitrogens with zero attached hydrogens (tertiary/aromatic N) is 4. The second-order valence-electron chi connectivity index (χ2n) is 12.7. The summed E-state index contributed by atoms with van der Waals surface area (Å²) in [4.78, 5) is 57.1. The van der Waals surface area contributed by atoms with E-state index in [1.807, 2.05) is 14.0 Å². The maximum absolute atomic E-state index is 15.7. The molecule has 2 saturated carbocycles. The number of hydrogen-bond acceptors (Lipinski definition) is 6. The Bertz CT molecular complexity index is 1390. The molecule has 244 valence electrons. The third kappa shape index (κ3) is 7.21. The second kappa shape index (κ2) is 14.1. The van der Waals surface area contributed by atoms with E-state index >= 15 is 4.39 Å². The van der Waals surface area contributed by atoms with E-state index in [0.717, 1.165) is 45.2 Å². The van der Waals surface area contributed by atoms with Crippen LogP contribution in [0.25, 0.3) is 0 Å². The molecule has 0 radical (unpaired) electrons. The Balaban J connectivity index is 1.35. The first-order chi connectivity index (χ1) is 21.7. The van der Waals surface area contributed by atoms with Gasteiger partial charge in [-0.3, -0.25) is 23.9 Å². The van der Waals surface area contributed by atoms with E-state index < -0.39 is 35.1 Å². The molecule has 0 bridgehead atoms. The van der Waals surface area contributed by atoms with E-state index in [2.05, 4.69) is 25.9 Å². The standard InChI is InChI=1S/C33H46FN7O4/c1-4-27(42)37-29(32(45)40-19-17-39(3)18-20-40)33(14-15-33)23-11-12-25(24(34)21-23)36-31(44)28(22-9-7-6-8-10-22)38-30(43)26-13-16-35-41(26)5-2/h11-13,16,21-22,28-29H,4-10,14-15,17-20H2,1-3H3,(H,36,44)(H,37,42)(H,38,43). The number of amides is 4. The number of carbonyl (C=O) groups is 4. The Hall–Kier alpha value is -3.80. The van der Waals surface area contributed by atoms with Crippen LogP contribution in [0.5, 0.6) is 0 Å². The van der Waals surface area contributed by atoms with Crippen molar-refractivity contribution in [1.29, 1.82) is 0 Å². The van der Waals surface area contributed by atoms with E-state index in [-0.39, 0.29) is 29.8 Å². The molecule has 5 rings (SSSR count). The van der Waals surface area contributed by atoms with Crippen LogP contribution in [-0.4, -0.2) is 88.5 Å². The fourth-order valence-corrected chi connectivity index (χ4v) is 6.78. The Morgan fingerprint density at radius 1 is 1.00 bits per heavy atom. The first kappa shape index (κ1) is 32.6. The Kier molecular flexibility index (Phi) is 10.2. The van der Waals surface area contributed by atoms with Gasteiger partial charge >= 0.3 is 0 Å². The highest BCUT2D eigenvalue weighted by molar-refractivity contribution is 6.00. The predicted octanol–water partition coefficient (Wildman–Crippen LogP) is 3.06. The molecule has 3 aliphatic rings. The minimum atomic E-state index is -0.832. The summed E-state index contributed by atoms with van der Waals surface area (Å²) in [6.45, 7) is 6.78. The van der Waals surface area contributed by atoms with Gasteiger partial charge in [-0.05, 0) is 69.3 Å². The Labute approximate surface area is 264 Å². The summed E-state index contributed by atoms with van der Waals surface area (Å²) in [7, 11) is 2.01. The highest BCUT2D eigenvalue weighted by Gasteiger charge is 2.55. The zero-order valence-corrected chi connectivity index (χ0v) is 26.6. The molecule has 3 N–H and O–H groups in total. The summed E-state index contributed by atoms with van der Waals surface area (Å²) in [6, 6.07) is 4.62. The van der Waals surface area contributed by atoms with Crippen LogP contribution < -0.4 is 16.0 Å². The molecule has 2 heterocycles. The Morgan fingerprint density at radius 2 is 1.71 bits per heavy atom. The number of benzene rings is 1. The van der Waals surface area contributed by atoms with Gasteiger partial charge in [0.15, 0.2) is 0 Å². The largest absolute Gasteiger partial charge is 0.343 e. The molecule has 12 heteroatoms. The van der Waals surface area contributed by atoms with E-state index in [0.29, 0.717) is 43.7 Å². The summed E-state index contributed by atoms with van der Waals surface area (Å²) < 4.78 is 17.3. The highest BCUT2D eigenvalue weighted by Crippen LogP contribution is 2.52.